The fraction of sp³-hybridized carbons (Fsp3) is 0.440. The quantitative estimate of drug-likeness (QED) is 0.456. The smallest absolute Gasteiger partial charge is 0.244 e. The predicted molar refractivity (Wildman–Crippen MR) is 140 cm³/mol. The number of benzene rings is 2. The summed E-state index contributed by atoms with van der Waals surface area (Å²) in [5, 5.41) is 3.78. The van der Waals surface area contributed by atoms with Crippen molar-refractivity contribution in [1.29, 1.82) is 0 Å². The largest absolute Gasteiger partial charge is 0.352 e. The van der Waals surface area contributed by atoms with Gasteiger partial charge in [-0.2, -0.15) is 0 Å². The molecule has 1 fully saturated rings. The molecule has 0 unspecified atom stereocenters. The maximum absolute atomic E-state index is 13.7. The van der Waals surface area contributed by atoms with E-state index >= 15 is 0 Å². The van der Waals surface area contributed by atoms with Crippen molar-refractivity contribution in [3.05, 3.63) is 63.9 Å². The molecule has 1 N–H and O–H groups in total. The number of nitrogens with zero attached hydrogens (tertiary/aromatic N) is 2. The normalized spacial score (nSPS) is 14.9. The van der Waals surface area contributed by atoms with Crippen molar-refractivity contribution in [3.8, 4) is 0 Å². The van der Waals surface area contributed by atoms with Gasteiger partial charge in [0.2, 0.25) is 21.8 Å². The maximum atomic E-state index is 13.7. The van der Waals surface area contributed by atoms with Gasteiger partial charge in [0.25, 0.3) is 0 Å². The van der Waals surface area contributed by atoms with Crippen LogP contribution in [0.2, 0.25) is 10.0 Å². The highest BCUT2D eigenvalue weighted by Gasteiger charge is 2.33. The summed E-state index contributed by atoms with van der Waals surface area (Å²) in [5.41, 5.74) is 0.703. The lowest BCUT2D eigenvalue weighted by atomic mass is 10.1. The molecule has 1 aliphatic carbocycles. The van der Waals surface area contributed by atoms with Gasteiger partial charge in [-0.05, 0) is 61.2 Å². The van der Waals surface area contributed by atoms with Gasteiger partial charge >= 0.3 is 0 Å². The molecule has 2 amide bonds. The van der Waals surface area contributed by atoms with Crippen molar-refractivity contribution in [2.24, 2.45) is 0 Å². The molecule has 11 heteroatoms. The molecule has 36 heavy (non-hydrogen) atoms. The van der Waals surface area contributed by atoms with E-state index in [1.165, 1.54) is 17.0 Å². The average Bonchev–Trinajstić information content (AvgIpc) is 3.31. The van der Waals surface area contributed by atoms with E-state index in [9.17, 15) is 22.4 Å². The van der Waals surface area contributed by atoms with Crippen LogP contribution in [0, 0.1) is 5.82 Å². The number of anilines is 1. The number of carbonyl (C=O) groups is 2. The lowest BCUT2D eigenvalue weighted by Gasteiger charge is -2.33. The zero-order chi connectivity index (χ0) is 26.5. The lowest BCUT2D eigenvalue weighted by Crippen LogP contribution is -2.53. The van der Waals surface area contributed by atoms with Crippen LogP contribution in [-0.4, -0.2) is 50.0 Å². The number of sulfonamides is 1. The molecule has 0 aromatic heterocycles. The van der Waals surface area contributed by atoms with Crippen LogP contribution < -0.4 is 9.62 Å². The van der Waals surface area contributed by atoms with Crippen LogP contribution in [0.15, 0.2) is 42.5 Å². The van der Waals surface area contributed by atoms with Gasteiger partial charge in [0, 0.05) is 22.6 Å². The molecule has 2 aromatic rings. The second-order valence-electron chi connectivity index (χ2n) is 8.92. The summed E-state index contributed by atoms with van der Waals surface area (Å²) in [7, 11) is -3.90. The van der Waals surface area contributed by atoms with E-state index in [0.29, 0.717) is 22.0 Å². The highest BCUT2D eigenvalue weighted by Crippen LogP contribution is 2.25. The third-order valence-electron chi connectivity index (χ3n) is 6.24. The standard InChI is InChI=1S/C25H30Cl2FN3O4S/c1-3-23(25(33)29-20-6-4-5-7-20)30(15-17-8-9-18(26)14-22(17)27)24(32)16-31(36(2,34)35)21-12-10-19(28)11-13-21/h8-14,20,23H,3-7,15-16H2,1-2H3,(H,29,33)/t23-/m0/s1. The molecule has 0 radical (unpaired) electrons. The first kappa shape index (κ1) is 28.2. The molecule has 1 aliphatic rings. The molecular formula is C25H30Cl2FN3O4S. The summed E-state index contributed by atoms with van der Waals surface area (Å²) in [6, 6.07) is 8.85. The van der Waals surface area contributed by atoms with Crippen LogP contribution in [0.25, 0.3) is 0 Å². The van der Waals surface area contributed by atoms with Gasteiger partial charge in [-0.15, -0.1) is 0 Å². The Morgan fingerprint density at radius 1 is 1.11 bits per heavy atom. The molecule has 1 atom stereocenters. The molecule has 3 rings (SSSR count). The first-order chi connectivity index (χ1) is 17.0. The summed E-state index contributed by atoms with van der Waals surface area (Å²) in [5.74, 6) is -1.42. The van der Waals surface area contributed by atoms with E-state index in [2.05, 4.69) is 5.32 Å². The van der Waals surface area contributed by atoms with E-state index in [4.69, 9.17) is 23.2 Å². The minimum atomic E-state index is -3.90. The van der Waals surface area contributed by atoms with E-state index in [1.54, 1.807) is 25.1 Å². The Morgan fingerprint density at radius 2 is 1.75 bits per heavy atom. The Kier molecular flexibility index (Phi) is 9.60. The van der Waals surface area contributed by atoms with Gasteiger partial charge in [0.15, 0.2) is 0 Å². The van der Waals surface area contributed by atoms with Crippen molar-refractivity contribution >= 4 is 50.7 Å². The Morgan fingerprint density at radius 3 is 2.31 bits per heavy atom. The molecular weight excluding hydrogens is 528 g/mol. The number of hydrogen-bond donors (Lipinski definition) is 1. The van der Waals surface area contributed by atoms with Crippen molar-refractivity contribution < 1.29 is 22.4 Å². The van der Waals surface area contributed by atoms with Crippen molar-refractivity contribution in [3.63, 3.8) is 0 Å². The van der Waals surface area contributed by atoms with Gasteiger partial charge in [-0.25, -0.2) is 12.8 Å². The topological polar surface area (TPSA) is 86.8 Å². The molecule has 0 aliphatic heterocycles. The van der Waals surface area contributed by atoms with Gasteiger partial charge in [-0.1, -0.05) is 49.0 Å². The molecule has 1 saturated carbocycles. The number of nitrogens with one attached hydrogen (secondary N) is 1. The minimum absolute atomic E-state index is 0.0214. The van der Waals surface area contributed by atoms with Crippen LogP contribution in [0.4, 0.5) is 10.1 Å². The van der Waals surface area contributed by atoms with Gasteiger partial charge in [0.1, 0.15) is 18.4 Å². The predicted octanol–water partition coefficient (Wildman–Crippen LogP) is 4.76. The number of rotatable bonds is 10. The third-order valence-corrected chi connectivity index (χ3v) is 7.96. The first-order valence-corrected chi connectivity index (χ1v) is 14.4. The van der Waals surface area contributed by atoms with E-state index in [1.807, 2.05) is 0 Å². The SMILES string of the molecule is CC[C@@H](C(=O)NC1CCCC1)N(Cc1ccc(Cl)cc1Cl)C(=O)CN(c1ccc(F)cc1)S(C)(=O)=O. The number of carbonyl (C=O) groups excluding carboxylic acids is 2. The lowest BCUT2D eigenvalue weighted by molar-refractivity contribution is -0.140. The highest BCUT2D eigenvalue weighted by atomic mass is 35.5. The maximum Gasteiger partial charge on any atom is 0.244 e. The molecule has 7 nitrogen and oxygen atoms in total. The van der Waals surface area contributed by atoms with Crippen LogP contribution in [0.5, 0.6) is 0 Å². The minimum Gasteiger partial charge on any atom is -0.352 e. The number of hydrogen-bond acceptors (Lipinski definition) is 4. The Hall–Kier alpha value is -2.36. The van der Waals surface area contributed by atoms with Gasteiger partial charge in [0.05, 0.1) is 11.9 Å². The van der Waals surface area contributed by atoms with Gasteiger partial charge < -0.3 is 10.2 Å². The van der Waals surface area contributed by atoms with Crippen molar-refractivity contribution in [2.75, 3.05) is 17.1 Å². The molecule has 0 bridgehead atoms. The van der Waals surface area contributed by atoms with Crippen molar-refractivity contribution in [2.45, 2.75) is 57.7 Å². The fourth-order valence-electron chi connectivity index (χ4n) is 4.34. The molecule has 0 spiro atoms. The zero-order valence-corrected chi connectivity index (χ0v) is 22.5. The summed E-state index contributed by atoms with van der Waals surface area (Å²) in [6.07, 6.45) is 5.10. The highest BCUT2D eigenvalue weighted by molar-refractivity contribution is 7.92. The summed E-state index contributed by atoms with van der Waals surface area (Å²) in [4.78, 5) is 28.3. The first-order valence-electron chi connectivity index (χ1n) is 11.8. The van der Waals surface area contributed by atoms with E-state index < -0.39 is 34.3 Å². The monoisotopic (exact) mass is 557 g/mol. The van der Waals surface area contributed by atoms with Gasteiger partial charge in [-0.3, -0.25) is 13.9 Å². The van der Waals surface area contributed by atoms with Crippen LogP contribution >= 0.6 is 23.2 Å². The average molecular weight is 559 g/mol. The fourth-order valence-corrected chi connectivity index (χ4v) is 5.66. The summed E-state index contributed by atoms with van der Waals surface area (Å²) in [6.45, 7) is 1.20. The molecule has 2 aromatic carbocycles. The number of halogens is 3. The van der Waals surface area contributed by atoms with E-state index in [0.717, 1.165) is 48.4 Å². The zero-order valence-electron chi connectivity index (χ0n) is 20.2. The van der Waals surface area contributed by atoms with E-state index in [-0.39, 0.29) is 24.2 Å². The third kappa shape index (κ3) is 7.33. The summed E-state index contributed by atoms with van der Waals surface area (Å²) >= 11 is 12.4. The molecule has 0 saturated heterocycles. The summed E-state index contributed by atoms with van der Waals surface area (Å²) < 4.78 is 39.5. The second kappa shape index (κ2) is 12.3. The Labute approximate surface area is 221 Å². The van der Waals surface area contributed by atoms with Crippen LogP contribution in [0.3, 0.4) is 0 Å². The van der Waals surface area contributed by atoms with Crippen LogP contribution in [-0.2, 0) is 26.2 Å². The molecule has 0 heterocycles. The Balaban J connectivity index is 1.94. The number of amides is 2. The van der Waals surface area contributed by atoms with Crippen LogP contribution in [0.1, 0.15) is 44.6 Å². The Bertz CT molecular complexity index is 1190. The second-order valence-corrected chi connectivity index (χ2v) is 11.7. The van der Waals surface area contributed by atoms with Crippen molar-refractivity contribution in [1.82, 2.24) is 10.2 Å². The molecule has 196 valence electrons.